The van der Waals surface area contributed by atoms with Gasteiger partial charge in [0.2, 0.25) is 0 Å². The Labute approximate surface area is 113 Å². The second kappa shape index (κ2) is 5.48. The number of ether oxygens (including phenoxy) is 2. The summed E-state index contributed by atoms with van der Waals surface area (Å²) in [5.74, 6) is -3.64. The zero-order valence-electron chi connectivity index (χ0n) is 9.85. The summed E-state index contributed by atoms with van der Waals surface area (Å²) >= 11 is 0. The van der Waals surface area contributed by atoms with Gasteiger partial charge >= 0.3 is 12.0 Å². The monoisotopic (exact) mass is 295 g/mol. The average Bonchev–Trinajstić information content (AvgIpc) is 2.32. The van der Waals surface area contributed by atoms with E-state index in [2.05, 4.69) is 4.74 Å². The summed E-state index contributed by atoms with van der Waals surface area (Å²) in [6.45, 7) is -1.04. The summed E-state index contributed by atoms with van der Waals surface area (Å²) in [5.41, 5.74) is -0.165. The van der Waals surface area contributed by atoms with Gasteiger partial charge in [0, 0.05) is 0 Å². The highest BCUT2D eigenvalue weighted by atomic mass is 35.5. The van der Waals surface area contributed by atoms with Gasteiger partial charge in [-0.3, -0.25) is 0 Å². The molecule has 0 unspecified atom stereocenters. The van der Waals surface area contributed by atoms with Crippen LogP contribution in [-0.2, 0) is 4.74 Å². The van der Waals surface area contributed by atoms with Crippen molar-refractivity contribution in [1.29, 1.82) is 0 Å². The number of phenolic OH excluding ortho intramolecular Hbond substituents is 1. The molecule has 1 aromatic carbocycles. The number of methoxy groups -OCH3 is 1. The van der Waals surface area contributed by atoms with Gasteiger partial charge in [-0.25, -0.2) is 13.6 Å². The predicted molar refractivity (Wildman–Crippen MR) is 64.1 cm³/mol. The summed E-state index contributed by atoms with van der Waals surface area (Å²) in [4.78, 5) is 11.1. The Kier molecular flexibility index (Phi) is 4.41. The summed E-state index contributed by atoms with van der Waals surface area (Å²) in [7, 11) is 1.29. The van der Waals surface area contributed by atoms with Crippen LogP contribution in [0.2, 0.25) is 0 Å². The summed E-state index contributed by atoms with van der Waals surface area (Å²) in [6.07, 6.45) is -0.962. The third kappa shape index (κ3) is 2.81. The van der Waals surface area contributed by atoms with Crippen LogP contribution in [0, 0.1) is 0 Å². The fraction of sp³-hybridized carbons (Fsp3) is 0.364. The number of hydrogen-bond acceptors (Lipinski definition) is 4. The number of halogens is 3. The number of cyclic esters (lactones) is 1. The van der Waals surface area contributed by atoms with E-state index < -0.39 is 24.7 Å². The van der Waals surface area contributed by atoms with Crippen molar-refractivity contribution in [3.63, 3.8) is 0 Å². The number of amides is 1. The lowest BCUT2D eigenvalue weighted by Crippen LogP contribution is -2.49. The zero-order valence-corrected chi connectivity index (χ0v) is 10.7. The average molecular weight is 296 g/mol. The van der Waals surface area contributed by atoms with Crippen molar-refractivity contribution in [2.75, 3.05) is 13.7 Å². The molecule has 0 bridgehead atoms. The molecule has 0 aromatic heterocycles. The van der Waals surface area contributed by atoms with Crippen molar-refractivity contribution in [2.24, 2.45) is 0 Å². The SMILES string of the molecule is COc1cccc(O)c1[C@H]1NC(=O)OCC1(F)F.Cl. The molecule has 1 heterocycles. The van der Waals surface area contributed by atoms with Crippen LogP contribution in [0.25, 0.3) is 0 Å². The molecule has 8 heteroatoms. The van der Waals surface area contributed by atoms with Crippen LogP contribution in [-0.4, -0.2) is 30.8 Å². The topological polar surface area (TPSA) is 67.8 Å². The lowest BCUT2D eigenvalue weighted by Gasteiger charge is -2.32. The fourth-order valence-electron chi connectivity index (χ4n) is 1.79. The zero-order chi connectivity index (χ0) is 13.3. The molecule has 0 saturated carbocycles. The quantitative estimate of drug-likeness (QED) is 0.878. The Hall–Kier alpha value is -1.76. The van der Waals surface area contributed by atoms with E-state index in [0.717, 1.165) is 0 Å². The van der Waals surface area contributed by atoms with Crippen molar-refractivity contribution < 1.29 is 28.2 Å². The normalized spacial score (nSPS) is 20.8. The second-order valence-corrected chi connectivity index (χ2v) is 3.81. The van der Waals surface area contributed by atoms with E-state index in [-0.39, 0.29) is 29.5 Å². The lowest BCUT2D eigenvalue weighted by atomic mass is 9.98. The Morgan fingerprint density at radius 3 is 2.84 bits per heavy atom. The maximum atomic E-state index is 13.7. The van der Waals surface area contributed by atoms with E-state index in [1.165, 1.54) is 25.3 Å². The van der Waals surface area contributed by atoms with Crippen LogP contribution in [0.1, 0.15) is 11.6 Å². The number of carbonyl (C=O) groups is 1. The van der Waals surface area contributed by atoms with Crippen LogP contribution >= 0.6 is 12.4 Å². The molecule has 1 aliphatic heterocycles. The molecular formula is C11H12ClF2NO4. The number of benzene rings is 1. The highest BCUT2D eigenvalue weighted by molar-refractivity contribution is 5.85. The van der Waals surface area contributed by atoms with Crippen molar-refractivity contribution in [1.82, 2.24) is 5.32 Å². The van der Waals surface area contributed by atoms with Crippen molar-refractivity contribution >= 4 is 18.5 Å². The third-order valence-corrected chi connectivity index (χ3v) is 2.63. The smallest absolute Gasteiger partial charge is 0.408 e. The van der Waals surface area contributed by atoms with Crippen LogP contribution in [0.4, 0.5) is 13.6 Å². The van der Waals surface area contributed by atoms with E-state index in [0.29, 0.717) is 0 Å². The standard InChI is InChI=1S/C11H11F2NO4.ClH/c1-17-7-4-2-3-6(15)8(7)9-11(12,13)5-18-10(16)14-9;/h2-4,9,15H,5H2,1H3,(H,14,16);1H/t9-;/m1./s1. The van der Waals surface area contributed by atoms with E-state index in [1.807, 2.05) is 5.32 Å². The van der Waals surface area contributed by atoms with Crippen molar-refractivity contribution in [3.8, 4) is 11.5 Å². The molecule has 1 fully saturated rings. The summed E-state index contributed by atoms with van der Waals surface area (Å²) in [5, 5.41) is 11.7. The highest BCUT2D eigenvalue weighted by Crippen LogP contribution is 2.42. The van der Waals surface area contributed by atoms with Gasteiger partial charge in [-0.1, -0.05) is 6.07 Å². The molecule has 0 spiro atoms. The Morgan fingerprint density at radius 1 is 1.53 bits per heavy atom. The molecule has 5 nitrogen and oxygen atoms in total. The van der Waals surface area contributed by atoms with E-state index in [4.69, 9.17) is 4.74 Å². The molecule has 1 amide bonds. The Balaban J connectivity index is 0.00000180. The molecule has 0 radical (unpaired) electrons. The first-order valence-corrected chi connectivity index (χ1v) is 5.12. The number of phenols is 1. The van der Waals surface area contributed by atoms with Gasteiger partial charge in [-0.05, 0) is 12.1 Å². The molecule has 0 aliphatic carbocycles. The Bertz CT molecular complexity index is 484. The number of carbonyl (C=O) groups excluding carboxylic acids is 1. The van der Waals surface area contributed by atoms with Crippen LogP contribution in [0.3, 0.4) is 0 Å². The molecule has 2 rings (SSSR count). The molecule has 1 saturated heterocycles. The summed E-state index contributed by atoms with van der Waals surface area (Å²) in [6, 6.07) is 2.44. The lowest BCUT2D eigenvalue weighted by molar-refractivity contribution is -0.105. The molecule has 1 aromatic rings. The van der Waals surface area contributed by atoms with E-state index in [9.17, 15) is 18.7 Å². The minimum atomic E-state index is -3.33. The fourth-order valence-corrected chi connectivity index (χ4v) is 1.79. The second-order valence-electron chi connectivity index (χ2n) is 3.81. The van der Waals surface area contributed by atoms with Gasteiger partial charge in [0.25, 0.3) is 0 Å². The molecular weight excluding hydrogens is 284 g/mol. The first-order chi connectivity index (χ1) is 8.45. The Morgan fingerprint density at radius 2 is 2.21 bits per heavy atom. The number of rotatable bonds is 2. The third-order valence-electron chi connectivity index (χ3n) is 2.63. The number of alkyl halides is 2. The van der Waals surface area contributed by atoms with Crippen molar-refractivity contribution in [2.45, 2.75) is 12.0 Å². The maximum absolute atomic E-state index is 13.7. The van der Waals surface area contributed by atoms with Crippen LogP contribution < -0.4 is 10.1 Å². The van der Waals surface area contributed by atoms with Gasteiger partial charge in [0.05, 0.1) is 12.7 Å². The van der Waals surface area contributed by atoms with E-state index >= 15 is 0 Å². The van der Waals surface area contributed by atoms with Gasteiger partial charge in [0.15, 0.2) is 6.61 Å². The van der Waals surface area contributed by atoms with Crippen molar-refractivity contribution in [3.05, 3.63) is 23.8 Å². The molecule has 1 aliphatic rings. The number of alkyl carbamates (subject to hydrolysis) is 1. The summed E-state index contributed by atoms with van der Waals surface area (Å²) < 4.78 is 36.6. The molecule has 2 N–H and O–H groups in total. The van der Waals surface area contributed by atoms with E-state index in [1.54, 1.807) is 0 Å². The highest BCUT2D eigenvalue weighted by Gasteiger charge is 2.49. The number of aromatic hydroxyl groups is 1. The largest absolute Gasteiger partial charge is 0.507 e. The molecule has 19 heavy (non-hydrogen) atoms. The predicted octanol–water partition coefficient (Wildman–Crippen LogP) is 2.24. The van der Waals surface area contributed by atoms with Gasteiger partial charge in [-0.15, -0.1) is 12.4 Å². The number of hydrogen-bond donors (Lipinski definition) is 2. The van der Waals surface area contributed by atoms with Crippen LogP contribution in [0.5, 0.6) is 11.5 Å². The van der Waals surface area contributed by atoms with Gasteiger partial charge < -0.3 is 19.9 Å². The van der Waals surface area contributed by atoms with Crippen LogP contribution in [0.15, 0.2) is 18.2 Å². The van der Waals surface area contributed by atoms with Gasteiger partial charge in [0.1, 0.15) is 17.5 Å². The molecule has 106 valence electrons. The first kappa shape index (κ1) is 15.3. The minimum absolute atomic E-state index is 0. The molecule has 1 atom stereocenters. The first-order valence-electron chi connectivity index (χ1n) is 5.12. The minimum Gasteiger partial charge on any atom is -0.507 e. The van der Waals surface area contributed by atoms with Gasteiger partial charge in [-0.2, -0.15) is 0 Å². The number of nitrogens with one attached hydrogen (secondary N) is 1. The maximum Gasteiger partial charge on any atom is 0.408 e.